The molecule has 0 aromatic carbocycles. The molecule has 2 rings (SSSR count). The molecule has 0 aromatic rings. The zero-order valence-electron chi connectivity index (χ0n) is 11.3. The first kappa shape index (κ1) is 13.2. The van der Waals surface area contributed by atoms with Gasteiger partial charge in [-0.05, 0) is 40.0 Å². The third-order valence-corrected chi connectivity index (χ3v) is 4.23. The standard InChI is InChI=1S/C12H27N5/c1-15-5-3-12(11-13,4-6-15)14-17-9-7-16(2)8-10-17/h14H,3-11,13H2,1-2H3. The summed E-state index contributed by atoms with van der Waals surface area (Å²) in [5.41, 5.74) is 9.87. The smallest absolute Gasteiger partial charge is 0.0472 e. The molecular formula is C12H27N5. The highest BCUT2D eigenvalue weighted by molar-refractivity contribution is 4.93. The van der Waals surface area contributed by atoms with Crippen molar-refractivity contribution in [2.24, 2.45) is 5.73 Å². The predicted molar refractivity (Wildman–Crippen MR) is 70.7 cm³/mol. The average Bonchev–Trinajstić information content (AvgIpc) is 2.35. The van der Waals surface area contributed by atoms with Crippen LogP contribution in [0, 0.1) is 0 Å². The molecule has 0 bridgehead atoms. The molecule has 2 aliphatic rings. The molecule has 0 aliphatic carbocycles. The molecule has 17 heavy (non-hydrogen) atoms. The van der Waals surface area contributed by atoms with Gasteiger partial charge in [0.1, 0.15) is 0 Å². The molecule has 5 nitrogen and oxygen atoms in total. The molecule has 5 heteroatoms. The fourth-order valence-corrected chi connectivity index (χ4v) is 2.66. The van der Waals surface area contributed by atoms with Gasteiger partial charge in [-0.3, -0.25) is 0 Å². The minimum absolute atomic E-state index is 0.141. The maximum absolute atomic E-state index is 6.01. The van der Waals surface area contributed by atoms with E-state index in [1.165, 1.54) is 0 Å². The topological polar surface area (TPSA) is 47.8 Å². The number of nitrogens with one attached hydrogen (secondary N) is 1. The average molecular weight is 241 g/mol. The van der Waals surface area contributed by atoms with E-state index in [0.29, 0.717) is 0 Å². The van der Waals surface area contributed by atoms with Crippen molar-refractivity contribution in [1.82, 2.24) is 20.2 Å². The fourth-order valence-electron chi connectivity index (χ4n) is 2.66. The molecular weight excluding hydrogens is 214 g/mol. The first-order valence-corrected chi connectivity index (χ1v) is 6.73. The Labute approximate surface area is 105 Å². The number of piperidine rings is 1. The molecule has 0 atom stereocenters. The molecule has 0 saturated carbocycles. The number of hydrogen-bond donors (Lipinski definition) is 2. The van der Waals surface area contributed by atoms with Crippen molar-refractivity contribution in [1.29, 1.82) is 0 Å². The van der Waals surface area contributed by atoms with E-state index in [0.717, 1.165) is 58.7 Å². The largest absolute Gasteiger partial charge is 0.329 e. The normalized spacial score (nSPS) is 28.4. The van der Waals surface area contributed by atoms with E-state index in [4.69, 9.17) is 5.73 Å². The van der Waals surface area contributed by atoms with Gasteiger partial charge in [0.2, 0.25) is 0 Å². The Hall–Kier alpha value is -0.200. The molecule has 2 saturated heterocycles. The van der Waals surface area contributed by atoms with Gasteiger partial charge in [0, 0.05) is 38.3 Å². The third-order valence-electron chi connectivity index (χ3n) is 4.23. The Morgan fingerprint density at radius 3 is 2.00 bits per heavy atom. The van der Waals surface area contributed by atoms with E-state index in [1.807, 2.05) is 0 Å². The lowest BCUT2D eigenvalue weighted by atomic mass is 9.88. The first-order chi connectivity index (χ1) is 8.13. The van der Waals surface area contributed by atoms with Crippen LogP contribution in [0.5, 0.6) is 0 Å². The van der Waals surface area contributed by atoms with Crippen LogP contribution in [-0.4, -0.2) is 80.3 Å². The van der Waals surface area contributed by atoms with Crippen molar-refractivity contribution in [3.63, 3.8) is 0 Å². The number of nitrogens with two attached hydrogens (primary N) is 1. The highest BCUT2D eigenvalue weighted by atomic mass is 15.6. The van der Waals surface area contributed by atoms with E-state index in [-0.39, 0.29) is 5.54 Å². The second-order valence-electron chi connectivity index (χ2n) is 5.69. The van der Waals surface area contributed by atoms with Gasteiger partial charge in [-0.15, -0.1) is 0 Å². The Morgan fingerprint density at radius 1 is 0.941 bits per heavy atom. The van der Waals surface area contributed by atoms with Gasteiger partial charge in [-0.25, -0.2) is 10.4 Å². The van der Waals surface area contributed by atoms with Crippen LogP contribution < -0.4 is 11.2 Å². The predicted octanol–water partition coefficient (Wildman–Crippen LogP) is -0.838. The van der Waals surface area contributed by atoms with E-state index in [2.05, 4.69) is 34.3 Å². The third kappa shape index (κ3) is 3.39. The number of hydrazine groups is 1. The molecule has 0 spiro atoms. The van der Waals surface area contributed by atoms with Crippen LogP contribution in [0.4, 0.5) is 0 Å². The second kappa shape index (κ2) is 5.63. The maximum atomic E-state index is 6.01. The van der Waals surface area contributed by atoms with Crippen molar-refractivity contribution in [3.8, 4) is 0 Å². The molecule has 2 heterocycles. The van der Waals surface area contributed by atoms with Gasteiger partial charge < -0.3 is 15.5 Å². The lowest BCUT2D eigenvalue weighted by Crippen LogP contribution is -2.64. The van der Waals surface area contributed by atoms with Crippen molar-refractivity contribution in [2.45, 2.75) is 18.4 Å². The van der Waals surface area contributed by atoms with Gasteiger partial charge in [-0.1, -0.05) is 0 Å². The maximum Gasteiger partial charge on any atom is 0.0472 e. The summed E-state index contributed by atoms with van der Waals surface area (Å²) in [7, 11) is 4.38. The Bertz CT molecular complexity index is 229. The molecule has 0 radical (unpaired) electrons. The highest BCUT2D eigenvalue weighted by Crippen LogP contribution is 2.21. The highest BCUT2D eigenvalue weighted by Gasteiger charge is 2.34. The van der Waals surface area contributed by atoms with Crippen LogP contribution in [0.15, 0.2) is 0 Å². The van der Waals surface area contributed by atoms with E-state index in [9.17, 15) is 0 Å². The minimum atomic E-state index is 0.141. The fraction of sp³-hybridized carbons (Fsp3) is 1.00. The van der Waals surface area contributed by atoms with Crippen LogP contribution in [0.3, 0.4) is 0 Å². The van der Waals surface area contributed by atoms with E-state index < -0.39 is 0 Å². The lowest BCUT2D eigenvalue weighted by Gasteiger charge is -2.45. The number of likely N-dealkylation sites (N-methyl/N-ethyl adjacent to an activating group) is 1. The van der Waals surface area contributed by atoms with Gasteiger partial charge in [0.15, 0.2) is 0 Å². The molecule has 2 aliphatic heterocycles. The van der Waals surface area contributed by atoms with Gasteiger partial charge in [-0.2, -0.15) is 0 Å². The summed E-state index contributed by atoms with van der Waals surface area (Å²) in [5.74, 6) is 0. The van der Waals surface area contributed by atoms with Crippen molar-refractivity contribution < 1.29 is 0 Å². The monoisotopic (exact) mass is 241 g/mol. The molecule has 0 unspecified atom stereocenters. The summed E-state index contributed by atoms with van der Waals surface area (Å²) in [6, 6.07) is 0. The number of rotatable bonds is 3. The molecule has 2 fully saturated rings. The van der Waals surface area contributed by atoms with Gasteiger partial charge in [0.25, 0.3) is 0 Å². The summed E-state index contributed by atoms with van der Waals surface area (Å²) in [6.07, 6.45) is 2.32. The van der Waals surface area contributed by atoms with Crippen molar-refractivity contribution >= 4 is 0 Å². The number of piperazine rings is 1. The summed E-state index contributed by atoms with van der Waals surface area (Å²) in [4.78, 5) is 4.77. The van der Waals surface area contributed by atoms with E-state index >= 15 is 0 Å². The molecule has 100 valence electrons. The van der Waals surface area contributed by atoms with Crippen LogP contribution in [0.25, 0.3) is 0 Å². The van der Waals surface area contributed by atoms with E-state index in [1.54, 1.807) is 0 Å². The summed E-state index contributed by atoms with van der Waals surface area (Å²) >= 11 is 0. The minimum Gasteiger partial charge on any atom is -0.329 e. The van der Waals surface area contributed by atoms with Crippen LogP contribution in [-0.2, 0) is 0 Å². The zero-order valence-corrected chi connectivity index (χ0v) is 11.3. The SMILES string of the molecule is CN1CCN(NC2(CN)CCN(C)CC2)CC1. The number of likely N-dealkylation sites (tertiary alicyclic amines) is 1. The van der Waals surface area contributed by atoms with Crippen LogP contribution in [0.1, 0.15) is 12.8 Å². The van der Waals surface area contributed by atoms with Crippen LogP contribution >= 0.6 is 0 Å². The molecule has 3 N–H and O–H groups in total. The Kier molecular flexibility index (Phi) is 4.38. The first-order valence-electron chi connectivity index (χ1n) is 6.73. The lowest BCUT2D eigenvalue weighted by molar-refractivity contribution is 0.0281. The Balaban J connectivity index is 1.86. The summed E-state index contributed by atoms with van der Waals surface area (Å²) < 4.78 is 0. The summed E-state index contributed by atoms with van der Waals surface area (Å²) in [5, 5.41) is 2.37. The number of nitrogens with zero attached hydrogens (tertiary/aromatic N) is 3. The van der Waals surface area contributed by atoms with Gasteiger partial charge >= 0.3 is 0 Å². The van der Waals surface area contributed by atoms with Gasteiger partial charge in [0.05, 0.1) is 0 Å². The zero-order chi connectivity index (χ0) is 12.3. The Morgan fingerprint density at radius 2 is 1.47 bits per heavy atom. The number of hydrogen-bond acceptors (Lipinski definition) is 5. The summed E-state index contributed by atoms with van der Waals surface area (Å²) in [6.45, 7) is 7.55. The van der Waals surface area contributed by atoms with Crippen molar-refractivity contribution in [2.75, 3.05) is 59.9 Å². The molecule has 0 amide bonds. The van der Waals surface area contributed by atoms with Crippen molar-refractivity contribution in [3.05, 3.63) is 0 Å². The van der Waals surface area contributed by atoms with Crippen LogP contribution in [0.2, 0.25) is 0 Å². The molecule has 0 aromatic heterocycles. The second-order valence-corrected chi connectivity index (χ2v) is 5.69. The quantitative estimate of drug-likeness (QED) is 0.675.